The second kappa shape index (κ2) is 14.3. The van der Waals surface area contributed by atoms with Crippen molar-refractivity contribution in [2.75, 3.05) is 16.8 Å². The van der Waals surface area contributed by atoms with E-state index < -0.39 is 11.6 Å². The van der Waals surface area contributed by atoms with Crippen LogP contribution in [0.25, 0.3) is 11.3 Å². The standard InChI is InChI=1S/C39H32F2N4O.Pd/c1-39(2,3)27-18-20-42-36(21-27)33-25-37(35(41)26-34(33)40)46-32-23-30(44(4)38-17-11-12-19-43-38)22-31(24-32)45(28-13-7-5-8-14-28)29-15-9-6-10-16-29;/h5-22,24,26H,1-4H3;/q-2;+2. The van der Waals surface area contributed by atoms with E-state index in [1.807, 2.05) is 103 Å². The third-order valence-electron chi connectivity index (χ3n) is 7.50. The van der Waals surface area contributed by atoms with Crippen LogP contribution in [0.5, 0.6) is 11.5 Å². The van der Waals surface area contributed by atoms with Gasteiger partial charge in [0.1, 0.15) is 5.82 Å². The minimum Gasteiger partial charge on any atom is -0.500 e. The molecule has 0 fully saturated rings. The van der Waals surface area contributed by atoms with Gasteiger partial charge in [-0.25, -0.2) is 4.98 Å². The summed E-state index contributed by atoms with van der Waals surface area (Å²) in [6, 6.07) is 39.7. The summed E-state index contributed by atoms with van der Waals surface area (Å²) in [5, 5.41) is 0. The molecule has 0 radical (unpaired) electrons. The molecule has 5 nitrogen and oxygen atoms in total. The number of ether oxygens (including phenoxy) is 1. The maximum Gasteiger partial charge on any atom is 2.00 e. The molecule has 2 aromatic heterocycles. The first-order valence-corrected chi connectivity index (χ1v) is 14.9. The summed E-state index contributed by atoms with van der Waals surface area (Å²) in [5.74, 6) is -1.06. The van der Waals surface area contributed by atoms with Crippen molar-refractivity contribution in [1.82, 2.24) is 9.97 Å². The van der Waals surface area contributed by atoms with E-state index in [0.717, 1.165) is 28.7 Å². The number of hydrogen-bond acceptors (Lipinski definition) is 5. The zero-order valence-electron chi connectivity index (χ0n) is 26.3. The normalized spacial score (nSPS) is 11.0. The van der Waals surface area contributed by atoms with E-state index in [1.165, 1.54) is 0 Å². The number of rotatable bonds is 8. The van der Waals surface area contributed by atoms with Crippen LogP contribution in [0.2, 0.25) is 0 Å². The van der Waals surface area contributed by atoms with Crippen LogP contribution in [-0.4, -0.2) is 17.0 Å². The Hall–Kier alpha value is -4.90. The van der Waals surface area contributed by atoms with Crippen molar-refractivity contribution in [3.05, 3.63) is 151 Å². The maximum atomic E-state index is 15.4. The van der Waals surface area contributed by atoms with Crippen LogP contribution in [0.4, 0.5) is 37.3 Å². The molecular formula is C39H32F2N4OPd. The van der Waals surface area contributed by atoms with Gasteiger partial charge in [0.15, 0.2) is 0 Å². The van der Waals surface area contributed by atoms with Crippen LogP contribution in [0.1, 0.15) is 26.3 Å². The Kier molecular flexibility index (Phi) is 10.1. The molecule has 0 aliphatic rings. The second-order valence-corrected chi connectivity index (χ2v) is 11.8. The Labute approximate surface area is 288 Å². The van der Waals surface area contributed by atoms with E-state index >= 15 is 8.78 Å². The Morgan fingerprint density at radius 2 is 1.34 bits per heavy atom. The van der Waals surface area contributed by atoms with Crippen LogP contribution in [0.15, 0.2) is 122 Å². The minimum absolute atomic E-state index is 0. The predicted octanol–water partition coefficient (Wildman–Crippen LogP) is 10.3. The molecule has 0 aliphatic heterocycles. The van der Waals surface area contributed by atoms with Gasteiger partial charge in [-0.3, -0.25) is 8.78 Å². The second-order valence-electron chi connectivity index (χ2n) is 11.8. The van der Waals surface area contributed by atoms with Crippen LogP contribution in [-0.2, 0) is 25.8 Å². The molecule has 0 amide bonds. The van der Waals surface area contributed by atoms with E-state index in [1.54, 1.807) is 24.5 Å². The van der Waals surface area contributed by atoms with Crippen LogP contribution in [0, 0.1) is 23.8 Å². The molecular weight excluding hydrogens is 685 g/mol. The van der Waals surface area contributed by atoms with E-state index in [-0.39, 0.29) is 42.9 Å². The number of hydrogen-bond donors (Lipinski definition) is 0. The number of pyridine rings is 2. The van der Waals surface area contributed by atoms with Crippen molar-refractivity contribution in [1.29, 1.82) is 0 Å². The number of para-hydroxylation sites is 2. The zero-order chi connectivity index (χ0) is 32.3. The summed E-state index contributed by atoms with van der Waals surface area (Å²) >= 11 is 0. The average Bonchev–Trinajstić information content (AvgIpc) is 3.07. The molecule has 0 aliphatic carbocycles. The fourth-order valence-electron chi connectivity index (χ4n) is 5.04. The molecule has 2 heterocycles. The van der Waals surface area contributed by atoms with Crippen molar-refractivity contribution in [3.63, 3.8) is 0 Å². The number of aromatic nitrogens is 2. The third kappa shape index (κ3) is 7.57. The van der Waals surface area contributed by atoms with E-state index in [0.29, 0.717) is 17.2 Å². The van der Waals surface area contributed by atoms with Crippen molar-refractivity contribution < 1.29 is 33.9 Å². The van der Waals surface area contributed by atoms with Gasteiger partial charge in [-0.2, -0.15) is 0 Å². The first kappa shape index (κ1) is 33.5. The summed E-state index contributed by atoms with van der Waals surface area (Å²) in [6.45, 7) is 6.17. The van der Waals surface area contributed by atoms with Gasteiger partial charge in [0.25, 0.3) is 0 Å². The quantitative estimate of drug-likeness (QED) is 0.116. The molecule has 0 saturated heterocycles. The Morgan fingerprint density at radius 3 is 1.96 bits per heavy atom. The molecule has 4 aromatic carbocycles. The maximum absolute atomic E-state index is 15.4. The Morgan fingerprint density at radius 1 is 0.681 bits per heavy atom. The predicted molar refractivity (Wildman–Crippen MR) is 179 cm³/mol. The van der Waals surface area contributed by atoms with Crippen molar-refractivity contribution >= 4 is 28.6 Å². The average molecular weight is 717 g/mol. The molecule has 6 aromatic rings. The van der Waals surface area contributed by atoms with Crippen molar-refractivity contribution in [2.24, 2.45) is 0 Å². The van der Waals surface area contributed by atoms with Gasteiger partial charge in [-0.05, 0) is 59.1 Å². The minimum atomic E-state index is -0.894. The summed E-state index contributed by atoms with van der Waals surface area (Å²) in [4.78, 5) is 12.8. The molecule has 0 saturated carbocycles. The Balaban J connectivity index is 0.00000433. The summed E-state index contributed by atoms with van der Waals surface area (Å²) in [7, 11) is 1.87. The fraction of sp³-hybridized carbons (Fsp3) is 0.128. The SMILES string of the molecule is CN(c1[c-]c(Oc2[c-]c(-c3cc(C(C)(C)C)ccn3)c(F)cc2F)cc(N(c2ccccc2)c2ccccc2)c1)c1ccccn1.[Pd+2]. The van der Waals surface area contributed by atoms with Gasteiger partial charge in [0.05, 0.1) is 11.6 Å². The number of benzene rings is 4. The largest absolute Gasteiger partial charge is 2.00 e. The molecule has 0 bridgehead atoms. The molecule has 47 heavy (non-hydrogen) atoms. The number of halogens is 2. The topological polar surface area (TPSA) is 41.5 Å². The van der Waals surface area contributed by atoms with E-state index in [4.69, 9.17) is 4.74 Å². The molecule has 0 atom stereocenters. The molecule has 238 valence electrons. The van der Waals surface area contributed by atoms with E-state index in [2.05, 4.69) is 47.8 Å². The fourth-order valence-corrected chi connectivity index (χ4v) is 5.04. The van der Waals surface area contributed by atoms with Crippen molar-refractivity contribution in [2.45, 2.75) is 26.2 Å². The first-order valence-electron chi connectivity index (χ1n) is 14.9. The van der Waals surface area contributed by atoms with Gasteiger partial charge in [0, 0.05) is 42.4 Å². The van der Waals surface area contributed by atoms with Gasteiger partial charge in [-0.15, -0.1) is 18.2 Å². The molecule has 8 heteroatoms. The molecule has 0 spiro atoms. The first-order chi connectivity index (χ1) is 22.2. The van der Waals surface area contributed by atoms with Gasteiger partial charge < -0.3 is 19.5 Å². The summed E-state index contributed by atoms with van der Waals surface area (Å²) in [6.07, 6.45) is 3.33. The molecule has 0 unspecified atom stereocenters. The van der Waals surface area contributed by atoms with Crippen LogP contribution >= 0.6 is 0 Å². The van der Waals surface area contributed by atoms with Gasteiger partial charge >= 0.3 is 20.4 Å². The van der Waals surface area contributed by atoms with Crippen molar-refractivity contribution in [3.8, 4) is 22.8 Å². The number of anilines is 5. The van der Waals surface area contributed by atoms with Gasteiger partial charge in [0.2, 0.25) is 0 Å². The number of nitrogens with zero attached hydrogens (tertiary/aromatic N) is 4. The molecule has 6 rings (SSSR count). The Bertz CT molecular complexity index is 1910. The van der Waals surface area contributed by atoms with Crippen LogP contribution < -0.4 is 14.5 Å². The monoisotopic (exact) mass is 716 g/mol. The summed E-state index contributed by atoms with van der Waals surface area (Å²) in [5.41, 5.74) is 4.27. The van der Waals surface area contributed by atoms with E-state index in [9.17, 15) is 0 Å². The van der Waals surface area contributed by atoms with Gasteiger partial charge in [-0.1, -0.05) is 98.4 Å². The smallest absolute Gasteiger partial charge is 0.500 e. The zero-order valence-corrected chi connectivity index (χ0v) is 27.9. The van der Waals surface area contributed by atoms with Crippen LogP contribution in [0.3, 0.4) is 0 Å². The molecule has 0 N–H and O–H groups in total. The third-order valence-corrected chi connectivity index (χ3v) is 7.50. The summed E-state index contributed by atoms with van der Waals surface area (Å²) < 4.78 is 36.7.